The molecule has 0 N–H and O–H groups in total. The van der Waals surface area contributed by atoms with Gasteiger partial charge in [-0.1, -0.05) is 50.9 Å². The van der Waals surface area contributed by atoms with E-state index in [1.807, 2.05) is 12.1 Å². The molecule has 0 radical (unpaired) electrons. The van der Waals surface area contributed by atoms with Crippen LogP contribution >= 0.6 is 31.9 Å². The van der Waals surface area contributed by atoms with Gasteiger partial charge in [-0.15, -0.1) is 0 Å². The molecule has 0 saturated heterocycles. The van der Waals surface area contributed by atoms with Crippen LogP contribution in [0.2, 0.25) is 0 Å². The summed E-state index contributed by atoms with van der Waals surface area (Å²) in [5.41, 5.74) is 1.21. The Morgan fingerprint density at radius 1 is 1.43 bits per heavy atom. The van der Waals surface area contributed by atoms with Gasteiger partial charge in [0.05, 0.1) is 6.10 Å². The molecule has 1 aromatic carbocycles. The van der Waals surface area contributed by atoms with E-state index in [-0.39, 0.29) is 6.10 Å². The smallest absolute Gasteiger partial charge is 0.0922 e. The Kier molecular flexibility index (Phi) is 5.75. The van der Waals surface area contributed by atoms with E-state index in [0.717, 1.165) is 22.8 Å². The van der Waals surface area contributed by atoms with E-state index in [4.69, 9.17) is 4.74 Å². The van der Waals surface area contributed by atoms with Crippen molar-refractivity contribution in [3.8, 4) is 0 Å². The largest absolute Gasteiger partial charge is 0.373 e. The average molecular weight is 322 g/mol. The maximum Gasteiger partial charge on any atom is 0.0922 e. The molecule has 0 saturated carbocycles. The first-order valence-electron chi connectivity index (χ1n) is 4.71. The first-order valence-corrected chi connectivity index (χ1v) is 6.62. The topological polar surface area (TPSA) is 9.23 Å². The molecule has 1 atom stereocenters. The molecule has 0 aliphatic heterocycles. The third-order valence-electron chi connectivity index (χ3n) is 1.88. The number of alkyl halides is 1. The number of rotatable bonds is 5. The summed E-state index contributed by atoms with van der Waals surface area (Å²) < 4.78 is 6.81. The molecule has 3 heteroatoms. The number of hydrogen-bond donors (Lipinski definition) is 0. The summed E-state index contributed by atoms with van der Waals surface area (Å²) in [7, 11) is 0. The minimum Gasteiger partial charge on any atom is -0.373 e. The SMILES string of the molecule is CCCOC(CBr)c1cccc(Br)c1. The highest BCUT2D eigenvalue weighted by molar-refractivity contribution is 9.10. The highest BCUT2D eigenvalue weighted by atomic mass is 79.9. The second kappa shape index (κ2) is 6.59. The van der Waals surface area contributed by atoms with Crippen LogP contribution in [0.5, 0.6) is 0 Å². The molecule has 1 rings (SSSR count). The standard InChI is InChI=1S/C11H14Br2O/c1-2-6-14-11(8-12)9-4-3-5-10(13)7-9/h3-5,7,11H,2,6,8H2,1H3. The zero-order valence-corrected chi connectivity index (χ0v) is 11.3. The summed E-state index contributed by atoms with van der Waals surface area (Å²) in [6.07, 6.45) is 1.21. The molecule has 0 aliphatic carbocycles. The predicted octanol–water partition coefficient (Wildman–Crippen LogP) is 4.31. The molecule has 14 heavy (non-hydrogen) atoms. The van der Waals surface area contributed by atoms with Crippen molar-refractivity contribution in [1.29, 1.82) is 0 Å². The van der Waals surface area contributed by atoms with Gasteiger partial charge in [-0.05, 0) is 24.1 Å². The first kappa shape index (κ1) is 12.2. The monoisotopic (exact) mass is 320 g/mol. The Hall–Kier alpha value is 0.140. The zero-order chi connectivity index (χ0) is 10.4. The van der Waals surface area contributed by atoms with Crippen molar-refractivity contribution >= 4 is 31.9 Å². The van der Waals surface area contributed by atoms with E-state index in [1.54, 1.807) is 0 Å². The molecule has 0 aromatic heterocycles. The summed E-state index contributed by atoms with van der Waals surface area (Å²) >= 11 is 6.92. The van der Waals surface area contributed by atoms with E-state index < -0.39 is 0 Å². The highest BCUT2D eigenvalue weighted by Gasteiger charge is 2.09. The van der Waals surface area contributed by atoms with Crippen molar-refractivity contribution in [3.05, 3.63) is 34.3 Å². The van der Waals surface area contributed by atoms with E-state index in [9.17, 15) is 0 Å². The van der Waals surface area contributed by atoms with Crippen LogP contribution in [0.25, 0.3) is 0 Å². The average Bonchev–Trinajstić information content (AvgIpc) is 2.19. The number of ether oxygens (including phenoxy) is 1. The molecule has 1 aromatic rings. The van der Waals surface area contributed by atoms with Crippen LogP contribution in [-0.2, 0) is 4.74 Å². The van der Waals surface area contributed by atoms with Crippen LogP contribution in [0.4, 0.5) is 0 Å². The van der Waals surface area contributed by atoms with Crippen LogP contribution < -0.4 is 0 Å². The van der Waals surface area contributed by atoms with Crippen LogP contribution in [0.3, 0.4) is 0 Å². The van der Waals surface area contributed by atoms with Gasteiger partial charge >= 0.3 is 0 Å². The summed E-state index contributed by atoms with van der Waals surface area (Å²) in [5.74, 6) is 0. The van der Waals surface area contributed by atoms with Crippen molar-refractivity contribution < 1.29 is 4.74 Å². The Morgan fingerprint density at radius 2 is 2.21 bits per heavy atom. The molecule has 1 unspecified atom stereocenters. The molecule has 1 nitrogen and oxygen atoms in total. The fraction of sp³-hybridized carbons (Fsp3) is 0.455. The summed E-state index contributed by atoms with van der Waals surface area (Å²) in [6, 6.07) is 8.24. The molecular weight excluding hydrogens is 308 g/mol. The second-order valence-corrected chi connectivity index (χ2v) is 4.63. The molecule has 0 heterocycles. The molecule has 0 aliphatic rings. The first-order chi connectivity index (χ1) is 6.77. The van der Waals surface area contributed by atoms with Crippen LogP contribution in [0.15, 0.2) is 28.7 Å². The van der Waals surface area contributed by atoms with E-state index >= 15 is 0 Å². The summed E-state index contributed by atoms with van der Waals surface area (Å²) in [6.45, 7) is 2.93. The van der Waals surface area contributed by atoms with Crippen molar-refractivity contribution in [3.63, 3.8) is 0 Å². The maximum atomic E-state index is 5.71. The van der Waals surface area contributed by atoms with Crippen LogP contribution in [-0.4, -0.2) is 11.9 Å². The normalized spacial score (nSPS) is 12.8. The van der Waals surface area contributed by atoms with Crippen molar-refractivity contribution in [2.75, 3.05) is 11.9 Å². The minimum atomic E-state index is 0.160. The molecule has 0 bridgehead atoms. The molecule has 0 fully saturated rings. The number of halogens is 2. The van der Waals surface area contributed by atoms with Gasteiger partial charge in [0, 0.05) is 16.4 Å². The highest BCUT2D eigenvalue weighted by Crippen LogP contribution is 2.22. The fourth-order valence-corrected chi connectivity index (χ4v) is 2.17. The molecule has 0 amide bonds. The lowest BCUT2D eigenvalue weighted by Gasteiger charge is -2.15. The minimum absolute atomic E-state index is 0.160. The van der Waals surface area contributed by atoms with Gasteiger partial charge in [-0.25, -0.2) is 0 Å². The maximum absolute atomic E-state index is 5.71. The van der Waals surface area contributed by atoms with E-state index in [2.05, 4.69) is 50.9 Å². The van der Waals surface area contributed by atoms with Gasteiger partial charge < -0.3 is 4.74 Å². The van der Waals surface area contributed by atoms with Crippen LogP contribution in [0.1, 0.15) is 25.0 Å². The Labute approximate surface area is 102 Å². The Morgan fingerprint density at radius 3 is 2.79 bits per heavy atom. The third-order valence-corrected chi connectivity index (χ3v) is 2.97. The van der Waals surface area contributed by atoms with Gasteiger partial charge in [0.25, 0.3) is 0 Å². The third kappa shape index (κ3) is 3.71. The van der Waals surface area contributed by atoms with Crippen molar-refractivity contribution in [1.82, 2.24) is 0 Å². The lowest BCUT2D eigenvalue weighted by Crippen LogP contribution is -2.06. The second-order valence-electron chi connectivity index (χ2n) is 3.07. The Balaban J connectivity index is 2.68. The van der Waals surface area contributed by atoms with Crippen molar-refractivity contribution in [2.45, 2.75) is 19.4 Å². The molecule has 0 spiro atoms. The number of benzene rings is 1. The van der Waals surface area contributed by atoms with Gasteiger partial charge in [0.2, 0.25) is 0 Å². The Bertz CT molecular complexity index is 276. The lowest BCUT2D eigenvalue weighted by atomic mass is 10.1. The summed E-state index contributed by atoms with van der Waals surface area (Å²) in [4.78, 5) is 0. The number of hydrogen-bond acceptors (Lipinski definition) is 1. The fourth-order valence-electron chi connectivity index (χ4n) is 1.20. The lowest BCUT2D eigenvalue weighted by molar-refractivity contribution is 0.0703. The van der Waals surface area contributed by atoms with Crippen LogP contribution in [0, 0.1) is 0 Å². The molecule has 78 valence electrons. The van der Waals surface area contributed by atoms with Gasteiger partial charge in [0.1, 0.15) is 0 Å². The van der Waals surface area contributed by atoms with Gasteiger partial charge in [-0.3, -0.25) is 0 Å². The summed E-state index contributed by atoms with van der Waals surface area (Å²) in [5, 5.41) is 0.837. The van der Waals surface area contributed by atoms with Crippen molar-refractivity contribution in [2.24, 2.45) is 0 Å². The van der Waals surface area contributed by atoms with E-state index in [0.29, 0.717) is 0 Å². The zero-order valence-electron chi connectivity index (χ0n) is 8.17. The quantitative estimate of drug-likeness (QED) is 0.734. The molecular formula is C11H14Br2O. The van der Waals surface area contributed by atoms with E-state index in [1.165, 1.54) is 5.56 Å². The predicted molar refractivity (Wildman–Crippen MR) is 66.9 cm³/mol. The van der Waals surface area contributed by atoms with Gasteiger partial charge in [-0.2, -0.15) is 0 Å². The van der Waals surface area contributed by atoms with Gasteiger partial charge in [0.15, 0.2) is 0 Å².